The van der Waals surface area contributed by atoms with Crippen molar-refractivity contribution in [2.24, 2.45) is 5.92 Å². The number of methoxy groups -OCH3 is 1. The first kappa shape index (κ1) is 13.1. The van der Waals surface area contributed by atoms with Crippen LogP contribution in [0.1, 0.15) is 35.2 Å². The van der Waals surface area contributed by atoms with Gasteiger partial charge < -0.3 is 4.74 Å². The zero-order valence-electron chi connectivity index (χ0n) is 10.2. The zero-order valence-corrected chi connectivity index (χ0v) is 11.0. The highest BCUT2D eigenvalue weighted by Crippen LogP contribution is 2.31. The van der Waals surface area contributed by atoms with Crippen LogP contribution in [0.2, 0.25) is 5.02 Å². The number of benzene rings is 1. The molecule has 1 aliphatic rings. The normalized spacial score (nSPS) is 14.3. The summed E-state index contributed by atoms with van der Waals surface area (Å²) in [5.74, 6) is 0.164. The number of carbonyl (C=O) groups excluding carboxylic acids is 2. The molecule has 0 amide bonds. The summed E-state index contributed by atoms with van der Waals surface area (Å²) in [4.78, 5) is 23.1. The number of rotatable bonds is 5. The SMILES string of the molecule is COC(=O)c1cc(CCC(=O)C2CC2)ccc1Cl. The fourth-order valence-corrected chi connectivity index (χ4v) is 2.07. The fourth-order valence-electron chi connectivity index (χ4n) is 1.87. The van der Waals surface area contributed by atoms with Crippen LogP contribution in [0.5, 0.6) is 0 Å². The van der Waals surface area contributed by atoms with Crippen molar-refractivity contribution in [3.63, 3.8) is 0 Å². The average Bonchev–Trinajstić information content (AvgIpc) is 3.20. The van der Waals surface area contributed by atoms with E-state index in [-0.39, 0.29) is 5.92 Å². The Labute approximate surface area is 111 Å². The monoisotopic (exact) mass is 266 g/mol. The summed E-state index contributed by atoms with van der Waals surface area (Å²) in [5, 5.41) is 0.374. The van der Waals surface area contributed by atoms with Gasteiger partial charge in [-0.2, -0.15) is 0 Å². The number of ether oxygens (including phenoxy) is 1. The predicted molar refractivity (Wildman–Crippen MR) is 68.8 cm³/mol. The van der Waals surface area contributed by atoms with E-state index in [9.17, 15) is 9.59 Å². The number of hydrogen-bond acceptors (Lipinski definition) is 3. The molecule has 0 radical (unpaired) electrons. The number of Topliss-reactive ketones (excluding diaryl/α,β-unsaturated/α-hetero) is 1. The van der Waals surface area contributed by atoms with Crippen LogP contribution in [-0.2, 0) is 16.0 Å². The van der Waals surface area contributed by atoms with Crippen molar-refractivity contribution in [2.45, 2.75) is 25.7 Å². The third-order valence-corrected chi connectivity index (χ3v) is 3.46. The Bertz CT molecular complexity index is 478. The molecule has 0 heterocycles. The topological polar surface area (TPSA) is 43.4 Å². The van der Waals surface area contributed by atoms with E-state index >= 15 is 0 Å². The first-order valence-electron chi connectivity index (χ1n) is 6.01. The first-order valence-corrected chi connectivity index (χ1v) is 6.39. The zero-order chi connectivity index (χ0) is 13.1. The summed E-state index contributed by atoms with van der Waals surface area (Å²) in [7, 11) is 1.32. The highest BCUT2D eigenvalue weighted by atomic mass is 35.5. The molecule has 0 spiro atoms. The minimum absolute atomic E-state index is 0.289. The second kappa shape index (κ2) is 5.53. The number of ketones is 1. The number of esters is 1. The maximum atomic E-state index is 11.6. The van der Waals surface area contributed by atoms with Crippen molar-refractivity contribution in [1.29, 1.82) is 0 Å². The minimum Gasteiger partial charge on any atom is -0.465 e. The van der Waals surface area contributed by atoms with E-state index in [1.54, 1.807) is 12.1 Å². The third-order valence-electron chi connectivity index (χ3n) is 3.13. The molecule has 0 saturated heterocycles. The lowest BCUT2D eigenvalue weighted by molar-refractivity contribution is -0.120. The highest BCUT2D eigenvalue weighted by Gasteiger charge is 2.28. The molecule has 18 heavy (non-hydrogen) atoms. The molecule has 2 rings (SSSR count). The first-order chi connectivity index (χ1) is 8.61. The Kier molecular flexibility index (Phi) is 4.02. The van der Waals surface area contributed by atoms with Gasteiger partial charge in [0.05, 0.1) is 17.7 Å². The predicted octanol–water partition coefficient (Wildman–Crippen LogP) is 3.04. The number of carbonyl (C=O) groups is 2. The molecule has 1 aliphatic carbocycles. The second-order valence-electron chi connectivity index (χ2n) is 4.55. The van der Waals surface area contributed by atoms with Crippen molar-refractivity contribution in [1.82, 2.24) is 0 Å². The van der Waals surface area contributed by atoms with Crippen LogP contribution in [0.15, 0.2) is 18.2 Å². The van der Waals surface area contributed by atoms with Gasteiger partial charge in [0.1, 0.15) is 5.78 Å². The summed E-state index contributed by atoms with van der Waals surface area (Å²) < 4.78 is 4.66. The van der Waals surface area contributed by atoms with Crippen LogP contribution in [0.25, 0.3) is 0 Å². The number of halogens is 1. The summed E-state index contributed by atoms with van der Waals surface area (Å²) in [5.41, 5.74) is 1.30. The van der Waals surface area contributed by atoms with E-state index in [2.05, 4.69) is 4.74 Å². The van der Waals surface area contributed by atoms with Gasteiger partial charge in [0.25, 0.3) is 0 Å². The van der Waals surface area contributed by atoms with Gasteiger partial charge in [0.2, 0.25) is 0 Å². The van der Waals surface area contributed by atoms with Gasteiger partial charge in [-0.25, -0.2) is 4.79 Å². The molecule has 1 aromatic carbocycles. The minimum atomic E-state index is -0.449. The summed E-state index contributed by atoms with van der Waals surface area (Å²) >= 11 is 5.93. The molecule has 3 nitrogen and oxygen atoms in total. The fraction of sp³-hybridized carbons (Fsp3) is 0.429. The third kappa shape index (κ3) is 3.10. The van der Waals surface area contributed by atoms with Gasteiger partial charge in [-0.05, 0) is 37.0 Å². The summed E-state index contributed by atoms with van der Waals surface area (Å²) in [6.45, 7) is 0. The van der Waals surface area contributed by atoms with Crippen LogP contribution in [-0.4, -0.2) is 18.9 Å². The molecule has 0 aromatic heterocycles. The van der Waals surface area contributed by atoms with E-state index in [0.29, 0.717) is 29.2 Å². The van der Waals surface area contributed by atoms with Crippen LogP contribution >= 0.6 is 11.6 Å². The molecule has 4 heteroatoms. The molecular formula is C14H15ClO3. The molecular weight excluding hydrogens is 252 g/mol. The molecule has 0 N–H and O–H groups in total. The van der Waals surface area contributed by atoms with Gasteiger partial charge in [-0.3, -0.25) is 4.79 Å². The van der Waals surface area contributed by atoms with Gasteiger partial charge in [-0.1, -0.05) is 17.7 Å². The Morgan fingerprint density at radius 2 is 2.11 bits per heavy atom. The van der Waals surface area contributed by atoms with Crippen molar-refractivity contribution in [2.75, 3.05) is 7.11 Å². The molecule has 96 valence electrons. The molecule has 1 saturated carbocycles. The largest absolute Gasteiger partial charge is 0.465 e. The quantitative estimate of drug-likeness (QED) is 0.770. The maximum absolute atomic E-state index is 11.6. The molecule has 1 aromatic rings. The highest BCUT2D eigenvalue weighted by molar-refractivity contribution is 6.33. The number of hydrogen-bond donors (Lipinski definition) is 0. The van der Waals surface area contributed by atoms with Crippen LogP contribution in [0.4, 0.5) is 0 Å². The van der Waals surface area contributed by atoms with Crippen LogP contribution in [0, 0.1) is 5.92 Å². The van der Waals surface area contributed by atoms with Gasteiger partial charge in [0, 0.05) is 12.3 Å². The lowest BCUT2D eigenvalue weighted by Gasteiger charge is -2.06. The lowest BCUT2D eigenvalue weighted by atomic mass is 10.0. The molecule has 1 fully saturated rings. The van der Waals surface area contributed by atoms with E-state index in [1.165, 1.54) is 7.11 Å². The average molecular weight is 267 g/mol. The van der Waals surface area contributed by atoms with Crippen molar-refractivity contribution < 1.29 is 14.3 Å². The maximum Gasteiger partial charge on any atom is 0.339 e. The standard InChI is InChI=1S/C14H15ClO3/c1-18-14(17)11-8-9(2-6-12(11)15)3-7-13(16)10-4-5-10/h2,6,8,10H,3-5,7H2,1H3. The smallest absolute Gasteiger partial charge is 0.339 e. The van der Waals surface area contributed by atoms with Crippen LogP contribution in [0.3, 0.4) is 0 Å². The van der Waals surface area contributed by atoms with Gasteiger partial charge >= 0.3 is 5.97 Å². The molecule has 0 aliphatic heterocycles. The summed E-state index contributed by atoms with van der Waals surface area (Å²) in [6.07, 6.45) is 3.25. The van der Waals surface area contributed by atoms with Crippen LogP contribution < -0.4 is 0 Å². The Morgan fingerprint density at radius 1 is 1.39 bits per heavy atom. The lowest BCUT2D eigenvalue weighted by Crippen LogP contribution is -2.05. The van der Waals surface area contributed by atoms with E-state index in [4.69, 9.17) is 11.6 Å². The molecule has 0 bridgehead atoms. The van der Waals surface area contributed by atoms with Crippen molar-refractivity contribution >= 4 is 23.4 Å². The van der Waals surface area contributed by atoms with E-state index < -0.39 is 5.97 Å². The van der Waals surface area contributed by atoms with E-state index in [1.807, 2.05) is 6.07 Å². The molecule has 0 unspecified atom stereocenters. The Morgan fingerprint density at radius 3 is 2.72 bits per heavy atom. The van der Waals surface area contributed by atoms with Crippen molar-refractivity contribution in [3.8, 4) is 0 Å². The number of aryl methyl sites for hydroxylation is 1. The van der Waals surface area contributed by atoms with Gasteiger partial charge in [0.15, 0.2) is 0 Å². The summed E-state index contributed by atoms with van der Waals surface area (Å²) in [6, 6.07) is 5.22. The Hall–Kier alpha value is -1.35. The van der Waals surface area contributed by atoms with Crippen molar-refractivity contribution in [3.05, 3.63) is 34.3 Å². The Balaban J connectivity index is 2.04. The van der Waals surface area contributed by atoms with E-state index in [0.717, 1.165) is 18.4 Å². The molecule has 0 atom stereocenters. The second-order valence-corrected chi connectivity index (χ2v) is 4.95. The van der Waals surface area contributed by atoms with Gasteiger partial charge in [-0.15, -0.1) is 0 Å².